The maximum atomic E-state index is 13.6. The molecule has 35 heavy (non-hydrogen) atoms. The van der Waals surface area contributed by atoms with Crippen molar-refractivity contribution in [3.63, 3.8) is 0 Å². The predicted octanol–water partition coefficient (Wildman–Crippen LogP) is 2.82. The summed E-state index contributed by atoms with van der Waals surface area (Å²) in [5.41, 5.74) is 6.07. The molecule has 4 heterocycles. The largest absolute Gasteiger partial charge is 0.458 e. The third kappa shape index (κ3) is 2.83. The number of benzene rings is 1. The van der Waals surface area contributed by atoms with Crippen LogP contribution < -0.4 is 10.9 Å². The third-order valence-electron chi connectivity index (χ3n) is 8.08. The summed E-state index contributed by atoms with van der Waals surface area (Å²) in [5.74, 6) is -0.842. The van der Waals surface area contributed by atoms with Crippen molar-refractivity contribution in [3.05, 3.63) is 61.4 Å². The van der Waals surface area contributed by atoms with E-state index in [2.05, 4.69) is 25.2 Å². The Balaban J connectivity index is 1.68. The molecule has 180 valence electrons. The highest BCUT2D eigenvalue weighted by Crippen LogP contribution is 2.45. The van der Waals surface area contributed by atoms with Crippen LogP contribution in [-0.2, 0) is 39.5 Å². The average molecular weight is 474 g/mol. The van der Waals surface area contributed by atoms with Crippen LogP contribution in [0.5, 0.6) is 0 Å². The summed E-state index contributed by atoms with van der Waals surface area (Å²) < 4.78 is 6.84. The second-order valence-electron chi connectivity index (χ2n) is 9.94. The number of fused-ring (bicyclic) bond motifs is 5. The van der Waals surface area contributed by atoms with Crippen molar-refractivity contribution in [2.45, 2.75) is 71.8 Å². The van der Waals surface area contributed by atoms with Gasteiger partial charge in [0, 0.05) is 23.4 Å². The molecule has 0 spiro atoms. The molecule has 0 saturated carbocycles. The number of amides is 1. The molecule has 1 amide bonds. The van der Waals surface area contributed by atoms with Crippen molar-refractivity contribution < 1.29 is 19.4 Å². The lowest BCUT2D eigenvalue weighted by atomic mass is 9.80. The Kier molecular flexibility index (Phi) is 4.55. The number of ether oxygens (including phenoxy) is 1. The van der Waals surface area contributed by atoms with Gasteiger partial charge in [-0.05, 0) is 67.5 Å². The van der Waals surface area contributed by atoms with Crippen LogP contribution in [0.1, 0.15) is 71.7 Å². The zero-order chi connectivity index (χ0) is 24.8. The van der Waals surface area contributed by atoms with Crippen LogP contribution in [0.25, 0.3) is 22.3 Å². The Bertz CT molecular complexity index is 1550. The van der Waals surface area contributed by atoms with Gasteiger partial charge in [-0.2, -0.15) is 0 Å². The van der Waals surface area contributed by atoms with E-state index in [1.807, 2.05) is 0 Å². The van der Waals surface area contributed by atoms with Gasteiger partial charge in [-0.25, -0.2) is 9.78 Å². The lowest BCUT2D eigenvalue weighted by Crippen LogP contribution is -2.44. The number of pyridine rings is 2. The van der Waals surface area contributed by atoms with Crippen LogP contribution >= 0.6 is 0 Å². The van der Waals surface area contributed by atoms with E-state index in [1.165, 1.54) is 18.1 Å². The Hall–Kier alpha value is -3.52. The minimum absolute atomic E-state index is 0.0947. The molecule has 8 nitrogen and oxygen atoms in total. The first-order chi connectivity index (χ1) is 16.7. The molecule has 0 saturated heterocycles. The lowest BCUT2D eigenvalue weighted by Gasteiger charge is -2.31. The number of nitrogens with one attached hydrogen (secondary N) is 1. The first-order valence-electron chi connectivity index (χ1n) is 12.1. The highest BCUT2D eigenvalue weighted by atomic mass is 16.6. The van der Waals surface area contributed by atoms with Crippen LogP contribution in [-0.4, -0.2) is 26.5 Å². The second kappa shape index (κ2) is 7.24. The molecule has 1 aromatic carbocycles. The fraction of sp³-hybridized carbons (Fsp3) is 0.407. The van der Waals surface area contributed by atoms with E-state index in [0.717, 1.165) is 40.4 Å². The molecular weight excluding hydrogens is 446 g/mol. The molecule has 0 radical (unpaired) electrons. The predicted molar refractivity (Wildman–Crippen MR) is 129 cm³/mol. The molecule has 1 aliphatic carbocycles. The zero-order valence-corrected chi connectivity index (χ0v) is 20.2. The normalized spacial score (nSPS) is 21.9. The molecule has 6 rings (SSSR count). The molecule has 2 atom stereocenters. The van der Waals surface area contributed by atoms with Crippen LogP contribution in [0.2, 0.25) is 0 Å². The van der Waals surface area contributed by atoms with Gasteiger partial charge in [-0.3, -0.25) is 9.59 Å². The summed E-state index contributed by atoms with van der Waals surface area (Å²) in [6.45, 7) is 7.55. The van der Waals surface area contributed by atoms with Gasteiger partial charge in [-0.15, -0.1) is 0 Å². The molecule has 3 aromatic rings. The standard InChI is InChI=1S/C27H27N3O5/c1-5-27(34)18-9-21-24-16(10-30(21)25(32)17(18)11-35-26(27)33)23-19(28-14(4)31)7-6-15-13(3)12(2)8-20(29-24)22(15)23/h8-9,19,34H,5-7,10-11H2,1-4H3,(H,28,31)/t19?,27-/m0/s1. The number of aromatic nitrogens is 2. The van der Waals surface area contributed by atoms with Crippen LogP contribution in [0.4, 0.5) is 0 Å². The van der Waals surface area contributed by atoms with Crippen LogP contribution in [0, 0.1) is 13.8 Å². The van der Waals surface area contributed by atoms with E-state index in [9.17, 15) is 19.5 Å². The van der Waals surface area contributed by atoms with Crippen molar-refractivity contribution >= 4 is 22.8 Å². The van der Waals surface area contributed by atoms with Crippen molar-refractivity contribution in [1.29, 1.82) is 0 Å². The van der Waals surface area contributed by atoms with Gasteiger partial charge < -0.3 is 19.7 Å². The van der Waals surface area contributed by atoms with E-state index in [-0.39, 0.29) is 30.5 Å². The van der Waals surface area contributed by atoms with Gasteiger partial charge in [0.15, 0.2) is 5.60 Å². The zero-order valence-electron chi connectivity index (χ0n) is 20.2. The molecule has 3 aliphatic rings. The Morgan fingerprint density at radius 2 is 2.03 bits per heavy atom. The van der Waals surface area contributed by atoms with Crippen LogP contribution in [0.3, 0.4) is 0 Å². The summed E-state index contributed by atoms with van der Waals surface area (Å²) in [5, 5.41) is 15.3. The topological polar surface area (TPSA) is 111 Å². The first kappa shape index (κ1) is 22.0. The molecule has 0 bridgehead atoms. The number of hydrogen-bond donors (Lipinski definition) is 2. The number of esters is 1. The van der Waals surface area contributed by atoms with Gasteiger partial charge in [0.05, 0.1) is 35.1 Å². The van der Waals surface area contributed by atoms with Gasteiger partial charge >= 0.3 is 5.97 Å². The minimum Gasteiger partial charge on any atom is -0.458 e. The second-order valence-corrected chi connectivity index (χ2v) is 9.94. The smallest absolute Gasteiger partial charge is 0.343 e. The lowest BCUT2D eigenvalue weighted by molar-refractivity contribution is -0.172. The number of carbonyl (C=O) groups is 2. The Morgan fingerprint density at radius 3 is 2.74 bits per heavy atom. The number of aryl methyl sites for hydroxylation is 2. The maximum Gasteiger partial charge on any atom is 0.343 e. The van der Waals surface area contributed by atoms with E-state index in [1.54, 1.807) is 17.6 Å². The highest BCUT2D eigenvalue weighted by Gasteiger charge is 2.45. The summed E-state index contributed by atoms with van der Waals surface area (Å²) >= 11 is 0. The molecule has 8 heteroatoms. The fourth-order valence-corrected chi connectivity index (χ4v) is 6.12. The highest BCUT2D eigenvalue weighted by molar-refractivity contribution is 5.94. The summed E-state index contributed by atoms with van der Waals surface area (Å²) in [4.78, 5) is 43.2. The van der Waals surface area contributed by atoms with Gasteiger partial charge in [0.1, 0.15) is 6.61 Å². The molecule has 0 fully saturated rings. The van der Waals surface area contributed by atoms with E-state index >= 15 is 0 Å². The van der Waals surface area contributed by atoms with E-state index in [0.29, 0.717) is 29.1 Å². The monoisotopic (exact) mass is 473 g/mol. The molecular formula is C27H27N3O5. The molecule has 2 N–H and O–H groups in total. The Morgan fingerprint density at radius 1 is 1.26 bits per heavy atom. The minimum atomic E-state index is -1.87. The van der Waals surface area contributed by atoms with Crippen molar-refractivity contribution in [1.82, 2.24) is 14.9 Å². The SMILES string of the molecule is CC[C@@]1(O)C(=O)OCc2c1cc1n(c2=O)Cc2c-1nc1cc(C)c(C)c3c1c2C(NC(C)=O)CC3. The van der Waals surface area contributed by atoms with Gasteiger partial charge in [-0.1, -0.05) is 6.92 Å². The molecule has 2 aliphatic heterocycles. The van der Waals surface area contributed by atoms with Crippen molar-refractivity contribution in [2.75, 3.05) is 0 Å². The van der Waals surface area contributed by atoms with Crippen LogP contribution in [0.15, 0.2) is 16.9 Å². The van der Waals surface area contributed by atoms with Crippen molar-refractivity contribution in [2.24, 2.45) is 0 Å². The summed E-state index contributed by atoms with van der Waals surface area (Å²) in [6, 6.07) is 3.61. The third-order valence-corrected chi connectivity index (χ3v) is 8.08. The maximum absolute atomic E-state index is 13.6. The van der Waals surface area contributed by atoms with Gasteiger partial charge in [0.25, 0.3) is 5.56 Å². The number of rotatable bonds is 2. The number of hydrogen-bond acceptors (Lipinski definition) is 6. The van der Waals surface area contributed by atoms with Crippen molar-refractivity contribution in [3.8, 4) is 11.4 Å². The summed E-state index contributed by atoms with van der Waals surface area (Å²) in [7, 11) is 0. The first-order valence-corrected chi connectivity index (χ1v) is 12.1. The molecule has 2 aromatic heterocycles. The van der Waals surface area contributed by atoms with Gasteiger partial charge in [0.2, 0.25) is 5.91 Å². The molecule has 1 unspecified atom stereocenters. The Labute approximate surface area is 201 Å². The number of aliphatic hydroxyl groups is 1. The average Bonchev–Trinajstić information content (AvgIpc) is 3.19. The number of nitrogens with zero attached hydrogens (tertiary/aromatic N) is 2. The fourth-order valence-electron chi connectivity index (χ4n) is 6.12. The van der Waals surface area contributed by atoms with E-state index in [4.69, 9.17) is 9.72 Å². The number of carbonyl (C=O) groups excluding carboxylic acids is 2. The number of cyclic esters (lactones) is 1. The quantitative estimate of drug-likeness (QED) is 0.433. The summed E-state index contributed by atoms with van der Waals surface area (Å²) in [6.07, 6.45) is 1.70. The van der Waals surface area contributed by atoms with E-state index < -0.39 is 11.6 Å².